The lowest BCUT2D eigenvalue weighted by molar-refractivity contribution is -0.384. The Morgan fingerprint density at radius 2 is 1.59 bits per heavy atom. The van der Waals surface area contributed by atoms with Crippen molar-refractivity contribution >= 4 is 44.0 Å². The molecule has 4 rings (SSSR count). The van der Waals surface area contributed by atoms with Crippen LogP contribution in [-0.2, 0) is 0 Å². The van der Waals surface area contributed by atoms with Gasteiger partial charge in [0.15, 0.2) is 5.82 Å². The second kappa shape index (κ2) is 7.13. The fraction of sp³-hybridized carbons (Fsp3) is 0. The van der Waals surface area contributed by atoms with Crippen molar-refractivity contribution in [3.63, 3.8) is 0 Å². The summed E-state index contributed by atoms with van der Waals surface area (Å²) < 4.78 is 0.993. The van der Waals surface area contributed by atoms with Crippen molar-refractivity contribution in [1.82, 2.24) is 9.97 Å². The maximum absolute atomic E-state index is 10.9. The zero-order valence-electron chi connectivity index (χ0n) is 14.0. The molecule has 132 valence electrons. The number of para-hydroxylation sites is 1. The minimum Gasteiger partial charge on any atom is -0.340 e. The lowest BCUT2D eigenvalue weighted by atomic mass is 10.1. The van der Waals surface area contributed by atoms with Crippen LogP contribution in [0.3, 0.4) is 0 Å². The molecule has 0 unspecified atom stereocenters. The van der Waals surface area contributed by atoms with Crippen LogP contribution in [0.5, 0.6) is 0 Å². The van der Waals surface area contributed by atoms with E-state index >= 15 is 0 Å². The Labute approximate surface area is 163 Å². The van der Waals surface area contributed by atoms with Crippen LogP contribution in [0.15, 0.2) is 77.3 Å². The molecule has 0 aliphatic carbocycles. The fourth-order valence-corrected chi connectivity index (χ4v) is 2.97. The molecule has 1 aromatic heterocycles. The Morgan fingerprint density at radius 3 is 2.30 bits per heavy atom. The molecule has 0 amide bonds. The van der Waals surface area contributed by atoms with Crippen molar-refractivity contribution < 1.29 is 4.92 Å². The van der Waals surface area contributed by atoms with Gasteiger partial charge in [-0.3, -0.25) is 10.1 Å². The summed E-state index contributed by atoms with van der Waals surface area (Å²) in [6, 6.07) is 21.7. The average molecular weight is 421 g/mol. The number of halogens is 1. The van der Waals surface area contributed by atoms with Crippen LogP contribution < -0.4 is 5.32 Å². The van der Waals surface area contributed by atoms with Gasteiger partial charge in [0.25, 0.3) is 5.69 Å². The van der Waals surface area contributed by atoms with Crippen LogP contribution in [0, 0.1) is 10.1 Å². The lowest BCUT2D eigenvalue weighted by Crippen LogP contribution is -1.99. The van der Waals surface area contributed by atoms with E-state index in [1.807, 2.05) is 48.5 Å². The number of rotatable bonds is 4. The summed E-state index contributed by atoms with van der Waals surface area (Å²) in [7, 11) is 0. The number of benzene rings is 3. The summed E-state index contributed by atoms with van der Waals surface area (Å²) in [6.07, 6.45) is 0. The minimum absolute atomic E-state index is 0.0350. The average Bonchev–Trinajstić information content (AvgIpc) is 2.69. The highest BCUT2D eigenvalue weighted by molar-refractivity contribution is 9.10. The molecule has 4 aromatic rings. The van der Waals surface area contributed by atoms with Gasteiger partial charge in [0.2, 0.25) is 0 Å². The molecule has 0 bridgehead atoms. The van der Waals surface area contributed by atoms with Crippen LogP contribution in [0.2, 0.25) is 0 Å². The molecular formula is C20H13BrN4O2. The number of nitro benzene ring substituents is 1. The van der Waals surface area contributed by atoms with E-state index in [1.165, 1.54) is 12.1 Å². The number of hydrogen-bond acceptors (Lipinski definition) is 5. The van der Waals surface area contributed by atoms with Gasteiger partial charge in [-0.2, -0.15) is 0 Å². The summed E-state index contributed by atoms with van der Waals surface area (Å²) in [5.74, 6) is 1.18. The Morgan fingerprint density at radius 1 is 0.889 bits per heavy atom. The minimum atomic E-state index is -0.425. The normalized spacial score (nSPS) is 10.7. The second-order valence-corrected chi connectivity index (χ2v) is 6.76. The molecule has 6 nitrogen and oxygen atoms in total. The van der Waals surface area contributed by atoms with Gasteiger partial charge in [-0.05, 0) is 48.5 Å². The van der Waals surface area contributed by atoms with Gasteiger partial charge in [-0.1, -0.05) is 28.1 Å². The topological polar surface area (TPSA) is 81.0 Å². The number of non-ortho nitro benzene ring substituents is 1. The van der Waals surface area contributed by atoms with Crippen molar-refractivity contribution in [1.29, 1.82) is 0 Å². The van der Waals surface area contributed by atoms with Gasteiger partial charge in [-0.25, -0.2) is 9.97 Å². The molecule has 0 fully saturated rings. The first-order chi connectivity index (χ1) is 13.1. The highest BCUT2D eigenvalue weighted by Crippen LogP contribution is 2.28. The number of nitrogens with one attached hydrogen (secondary N) is 1. The number of nitro groups is 1. The van der Waals surface area contributed by atoms with E-state index in [4.69, 9.17) is 0 Å². The number of hydrogen-bond donors (Lipinski definition) is 1. The van der Waals surface area contributed by atoms with Crippen molar-refractivity contribution in [3.05, 3.63) is 87.4 Å². The number of anilines is 2. The summed E-state index contributed by atoms with van der Waals surface area (Å²) >= 11 is 3.43. The third kappa shape index (κ3) is 3.63. The van der Waals surface area contributed by atoms with Crippen molar-refractivity contribution in [2.75, 3.05) is 5.32 Å². The van der Waals surface area contributed by atoms with Gasteiger partial charge in [-0.15, -0.1) is 0 Å². The summed E-state index contributed by atoms with van der Waals surface area (Å²) in [6.45, 7) is 0. The van der Waals surface area contributed by atoms with Gasteiger partial charge in [0, 0.05) is 33.2 Å². The molecule has 3 aromatic carbocycles. The number of fused-ring (bicyclic) bond motifs is 1. The highest BCUT2D eigenvalue weighted by Gasteiger charge is 2.11. The van der Waals surface area contributed by atoms with E-state index in [0.717, 1.165) is 21.1 Å². The SMILES string of the molecule is O=[N+]([O-])c1ccc(-c2nc(Nc3ccc(Br)cc3)c3ccccc3n2)cc1. The van der Waals surface area contributed by atoms with E-state index in [1.54, 1.807) is 12.1 Å². The van der Waals surface area contributed by atoms with E-state index < -0.39 is 4.92 Å². The van der Waals surface area contributed by atoms with Crippen LogP contribution in [0.1, 0.15) is 0 Å². The first-order valence-corrected chi connectivity index (χ1v) is 8.94. The third-order valence-electron chi connectivity index (χ3n) is 4.05. The quantitative estimate of drug-likeness (QED) is 0.337. The standard InChI is InChI=1S/C20H13BrN4O2/c21-14-7-9-15(10-8-14)22-20-17-3-1-2-4-18(17)23-19(24-20)13-5-11-16(12-6-13)25(26)27/h1-12H,(H,22,23,24). The van der Waals surface area contributed by atoms with Crippen molar-refractivity contribution in [2.24, 2.45) is 0 Å². The van der Waals surface area contributed by atoms with E-state index in [0.29, 0.717) is 17.2 Å². The molecule has 0 radical (unpaired) electrons. The smallest absolute Gasteiger partial charge is 0.269 e. The molecule has 7 heteroatoms. The number of nitrogens with zero attached hydrogens (tertiary/aromatic N) is 3. The van der Waals surface area contributed by atoms with E-state index in [-0.39, 0.29) is 5.69 Å². The fourth-order valence-electron chi connectivity index (χ4n) is 2.70. The van der Waals surface area contributed by atoms with Crippen LogP contribution >= 0.6 is 15.9 Å². The summed E-state index contributed by atoms with van der Waals surface area (Å²) in [5, 5.41) is 15.1. The Bertz CT molecular complexity index is 1130. The molecule has 27 heavy (non-hydrogen) atoms. The predicted molar refractivity (Wildman–Crippen MR) is 109 cm³/mol. The third-order valence-corrected chi connectivity index (χ3v) is 4.58. The van der Waals surface area contributed by atoms with Gasteiger partial charge in [0.05, 0.1) is 10.4 Å². The second-order valence-electron chi connectivity index (χ2n) is 5.85. The maximum atomic E-state index is 10.9. The first kappa shape index (κ1) is 17.1. The van der Waals surface area contributed by atoms with Crippen LogP contribution in [0.4, 0.5) is 17.2 Å². The molecule has 1 heterocycles. The lowest BCUT2D eigenvalue weighted by Gasteiger charge is -2.11. The van der Waals surface area contributed by atoms with Crippen molar-refractivity contribution in [3.8, 4) is 11.4 Å². The summed E-state index contributed by atoms with van der Waals surface area (Å²) in [4.78, 5) is 19.7. The zero-order chi connectivity index (χ0) is 18.8. The van der Waals surface area contributed by atoms with Gasteiger partial charge >= 0.3 is 0 Å². The summed E-state index contributed by atoms with van der Waals surface area (Å²) in [5.41, 5.74) is 2.44. The van der Waals surface area contributed by atoms with Crippen LogP contribution in [0.25, 0.3) is 22.3 Å². The Balaban J connectivity index is 1.80. The molecule has 0 aliphatic rings. The molecule has 0 spiro atoms. The van der Waals surface area contributed by atoms with Gasteiger partial charge in [0.1, 0.15) is 5.82 Å². The number of aromatic nitrogens is 2. The molecule has 0 saturated carbocycles. The van der Waals surface area contributed by atoms with Crippen molar-refractivity contribution in [2.45, 2.75) is 0 Å². The largest absolute Gasteiger partial charge is 0.340 e. The maximum Gasteiger partial charge on any atom is 0.269 e. The zero-order valence-corrected chi connectivity index (χ0v) is 15.6. The van der Waals surface area contributed by atoms with E-state index in [9.17, 15) is 10.1 Å². The molecule has 0 atom stereocenters. The molecule has 1 N–H and O–H groups in total. The molecular weight excluding hydrogens is 408 g/mol. The Hall–Kier alpha value is -3.32. The van der Waals surface area contributed by atoms with Gasteiger partial charge < -0.3 is 5.32 Å². The molecule has 0 aliphatic heterocycles. The molecule has 0 saturated heterocycles. The van der Waals surface area contributed by atoms with Crippen LogP contribution in [-0.4, -0.2) is 14.9 Å². The highest BCUT2D eigenvalue weighted by atomic mass is 79.9. The Kier molecular flexibility index (Phi) is 4.52. The van der Waals surface area contributed by atoms with E-state index in [2.05, 4.69) is 31.2 Å². The predicted octanol–water partition coefficient (Wildman–Crippen LogP) is 5.71. The monoisotopic (exact) mass is 420 g/mol. The first-order valence-electron chi connectivity index (χ1n) is 8.14.